The Kier molecular flexibility index (Phi) is 7.22. The number of hydrogen-bond acceptors (Lipinski definition) is 4. The van der Waals surface area contributed by atoms with Crippen molar-refractivity contribution in [3.05, 3.63) is 235 Å². The molecule has 0 bridgehead atoms. The molecule has 14 rings (SSSR count). The number of benzene rings is 9. The standard InChI is InChI=1S/C58H35N5O/c1-3-17-36(18-4-1)55-59-56(37-19-5-2-6-20-37)61-57(60-55)38-21-15-22-39(33-38)62-48-29-11-8-24-41(48)43-34-47-53(35-51(43)62)64-52-32-14-10-27-45(52)58(47)44-26-9-13-31-50(44)63-49-30-12-7-23-40(49)42-25-16-28-46(58)54(42)63/h1-35H. The van der Waals surface area contributed by atoms with Gasteiger partial charge in [0.15, 0.2) is 17.5 Å². The molecule has 0 amide bonds. The molecule has 0 radical (unpaired) electrons. The first-order chi connectivity index (χ1) is 31.7. The third kappa shape index (κ3) is 4.76. The van der Waals surface area contributed by atoms with Crippen LogP contribution in [0.1, 0.15) is 22.3 Å². The van der Waals surface area contributed by atoms with Gasteiger partial charge in [0.25, 0.3) is 0 Å². The second-order valence-corrected chi connectivity index (χ2v) is 16.7. The van der Waals surface area contributed by atoms with Crippen molar-refractivity contribution in [3.63, 3.8) is 0 Å². The van der Waals surface area contributed by atoms with Gasteiger partial charge in [0, 0.05) is 61.1 Å². The summed E-state index contributed by atoms with van der Waals surface area (Å²) >= 11 is 0. The molecule has 0 saturated heterocycles. The number of aromatic nitrogens is 5. The van der Waals surface area contributed by atoms with Gasteiger partial charge in [0.05, 0.1) is 33.2 Å². The maximum atomic E-state index is 7.11. The summed E-state index contributed by atoms with van der Waals surface area (Å²) < 4.78 is 12.0. The molecular weight excluding hydrogens is 783 g/mol. The van der Waals surface area contributed by atoms with Crippen molar-refractivity contribution in [2.45, 2.75) is 5.41 Å². The summed E-state index contributed by atoms with van der Waals surface area (Å²) in [5, 5.41) is 4.80. The minimum atomic E-state index is -0.673. The number of ether oxygens (including phenoxy) is 1. The van der Waals surface area contributed by atoms with Crippen LogP contribution in [-0.2, 0) is 5.41 Å². The first kappa shape index (κ1) is 35.0. The van der Waals surface area contributed by atoms with E-state index in [0.717, 1.165) is 66.8 Å². The van der Waals surface area contributed by atoms with Gasteiger partial charge in [-0.2, -0.15) is 0 Å². The topological polar surface area (TPSA) is 57.8 Å². The van der Waals surface area contributed by atoms with E-state index in [1.807, 2.05) is 60.7 Å². The van der Waals surface area contributed by atoms with Crippen molar-refractivity contribution in [1.82, 2.24) is 24.1 Å². The molecule has 0 N–H and O–H groups in total. The van der Waals surface area contributed by atoms with Crippen molar-refractivity contribution in [2.24, 2.45) is 0 Å². The second kappa shape index (κ2) is 13.2. The molecule has 0 saturated carbocycles. The van der Waals surface area contributed by atoms with Gasteiger partial charge in [0.2, 0.25) is 0 Å². The summed E-state index contributed by atoms with van der Waals surface area (Å²) in [7, 11) is 0. The summed E-state index contributed by atoms with van der Waals surface area (Å²) in [4.78, 5) is 15.1. The normalized spacial score (nSPS) is 14.8. The van der Waals surface area contributed by atoms with E-state index in [0.29, 0.717) is 17.5 Å². The maximum Gasteiger partial charge on any atom is 0.164 e. The molecule has 2 aliphatic rings. The van der Waals surface area contributed by atoms with E-state index in [-0.39, 0.29) is 0 Å². The fraction of sp³-hybridized carbons (Fsp3) is 0.0172. The summed E-state index contributed by atoms with van der Waals surface area (Å²) in [6.07, 6.45) is 0. The van der Waals surface area contributed by atoms with Gasteiger partial charge in [-0.05, 0) is 53.6 Å². The van der Waals surface area contributed by atoms with E-state index in [9.17, 15) is 0 Å². The summed E-state index contributed by atoms with van der Waals surface area (Å²) in [5.74, 6) is 3.56. The third-order valence-electron chi connectivity index (χ3n) is 13.4. The predicted molar refractivity (Wildman–Crippen MR) is 257 cm³/mol. The molecule has 3 aromatic heterocycles. The molecule has 12 aromatic rings. The SMILES string of the molecule is c1ccc(-c2nc(-c3ccccc3)nc(-c3cccc(-n4c5ccccc5c5cc6c(cc54)Oc4ccccc4C64c5ccccc5-n5c6ccccc6c6cccc4c65)c3)n2)cc1. The molecular formula is C58H35N5O. The van der Waals surface area contributed by atoms with Crippen LogP contribution in [0.4, 0.5) is 0 Å². The molecule has 0 aliphatic carbocycles. The van der Waals surface area contributed by atoms with Crippen LogP contribution in [0.15, 0.2) is 212 Å². The van der Waals surface area contributed by atoms with Gasteiger partial charge in [-0.15, -0.1) is 0 Å². The zero-order chi connectivity index (χ0) is 41.9. The molecule has 1 spiro atoms. The minimum absolute atomic E-state index is 0.608. The summed E-state index contributed by atoms with van der Waals surface area (Å²) in [6, 6.07) is 75.4. The Morgan fingerprint density at radius 3 is 1.64 bits per heavy atom. The molecule has 64 heavy (non-hydrogen) atoms. The summed E-state index contributed by atoms with van der Waals surface area (Å²) in [6.45, 7) is 0. The highest BCUT2D eigenvalue weighted by Gasteiger charge is 2.50. The Labute approximate surface area is 368 Å². The lowest BCUT2D eigenvalue weighted by Crippen LogP contribution is -2.37. The molecule has 1 atom stereocenters. The second-order valence-electron chi connectivity index (χ2n) is 16.7. The van der Waals surface area contributed by atoms with Crippen molar-refractivity contribution < 1.29 is 4.74 Å². The van der Waals surface area contributed by atoms with Crippen molar-refractivity contribution >= 4 is 43.6 Å². The van der Waals surface area contributed by atoms with E-state index in [1.165, 1.54) is 38.6 Å². The molecule has 6 heteroatoms. The number of rotatable bonds is 4. The number of nitrogens with zero attached hydrogens (tertiary/aromatic N) is 5. The lowest BCUT2D eigenvalue weighted by atomic mass is 9.61. The highest BCUT2D eigenvalue weighted by molar-refractivity contribution is 6.13. The van der Waals surface area contributed by atoms with E-state index < -0.39 is 5.41 Å². The fourth-order valence-electron chi connectivity index (χ4n) is 10.8. The van der Waals surface area contributed by atoms with Crippen LogP contribution in [0.25, 0.3) is 89.2 Å². The van der Waals surface area contributed by atoms with Crippen LogP contribution in [0, 0.1) is 0 Å². The summed E-state index contributed by atoms with van der Waals surface area (Å²) in [5.41, 5.74) is 13.6. The minimum Gasteiger partial charge on any atom is -0.457 e. The molecule has 298 valence electrons. The number of para-hydroxylation sites is 5. The molecule has 0 fully saturated rings. The monoisotopic (exact) mass is 817 g/mol. The van der Waals surface area contributed by atoms with Crippen LogP contribution in [0.3, 0.4) is 0 Å². The van der Waals surface area contributed by atoms with Gasteiger partial charge < -0.3 is 13.9 Å². The van der Waals surface area contributed by atoms with Gasteiger partial charge in [-0.1, -0.05) is 164 Å². The maximum absolute atomic E-state index is 7.11. The first-order valence-corrected chi connectivity index (χ1v) is 21.7. The average Bonchev–Trinajstić information content (AvgIpc) is 3.88. The first-order valence-electron chi connectivity index (χ1n) is 21.7. The van der Waals surface area contributed by atoms with Crippen molar-refractivity contribution in [1.29, 1.82) is 0 Å². The van der Waals surface area contributed by atoms with Crippen molar-refractivity contribution in [2.75, 3.05) is 0 Å². The Balaban J connectivity index is 1.03. The van der Waals surface area contributed by atoms with Crippen LogP contribution >= 0.6 is 0 Å². The zero-order valence-electron chi connectivity index (χ0n) is 34.4. The van der Waals surface area contributed by atoms with E-state index in [2.05, 4.69) is 161 Å². The highest BCUT2D eigenvalue weighted by Crippen LogP contribution is 2.61. The Morgan fingerprint density at radius 2 is 0.891 bits per heavy atom. The zero-order valence-corrected chi connectivity index (χ0v) is 34.4. The Morgan fingerprint density at radius 1 is 0.344 bits per heavy atom. The number of fused-ring (bicyclic) bond motifs is 14. The third-order valence-corrected chi connectivity index (χ3v) is 13.4. The van der Waals surface area contributed by atoms with Gasteiger partial charge in [-0.25, -0.2) is 15.0 Å². The molecule has 6 nitrogen and oxygen atoms in total. The van der Waals surface area contributed by atoms with Crippen LogP contribution in [-0.4, -0.2) is 24.1 Å². The molecule has 2 aliphatic heterocycles. The Hall–Kier alpha value is -8.61. The molecule has 1 unspecified atom stereocenters. The lowest BCUT2D eigenvalue weighted by Gasteiger charge is -2.45. The van der Waals surface area contributed by atoms with Crippen LogP contribution in [0.5, 0.6) is 11.5 Å². The molecule has 5 heterocycles. The number of hydrogen-bond donors (Lipinski definition) is 0. The fourth-order valence-corrected chi connectivity index (χ4v) is 10.8. The van der Waals surface area contributed by atoms with Crippen LogP contribution in [0.2, 0.25) is 0 Å². The average molecular weight is 818 g/mol. The van der Waals surface area contributed by atoms with Gasteiger partial charge in [-0.3, -0.25) is 0 Å². The van der Waals surface area contributed by atoms with E-state index in [4.69, 9.17) is 19.7 Å². The van der Waals surface area contributed by atoms with Gasteiger partial charge in [0.1, 0.15) is 11.5 Å². The largest absolute Gasteiger partial charge is 0.457 e. The smallest absolute Gasteiger partial charge is 0.164 e. The lowest BCUT2D eigenvalue weighted by molar-refractivity contribution is 0.434. The highest BCUT2D eigenvalue weighted by atomic mass is 16.5. The van der Waals surface area contributed by atoms with Crippen LogP contribution < -0.4 is 4.74 Å². The quantitative estimate of drug-likeness (QED) is 0.177. The van der Waals surface area contributed by atoms with Gasteiger partial charge >= 0.3 is 0 Å². The Bertz CT molecular complexity index is 3830. The van der Waals surface area contributed by atoms with E-state index >= 15 is 0 Å². The van der Waals surface area contributed by atoms with Crippen molar-refractivity contribution in [3.8, 4) is 57.0 Å². The predicted octanol–water partition coefficient (Wildman–Crippen LogP) is 13.9. The van der Waals surface area contributed by atoms with E-state index in [1.54, 1.807) is 0 Å². The molecule has 9 aromatic carbocycles.